The number of hydrogen-bond donors (Lipinski definition) is 1. The highest BCUT2D eigenvalue weighted by atomic mass is 32.1. The average Bonchev–Trinajstić information content (AvgIpc) is 3.01. The van der Waals surface area contributed by atoms with Crippen molar-refractivity contribution in [1.82, 2.24) is 15.0 Å². The largest absolute Gasteiger partial charge is 0.384 e. The molecule has 0 unspecified atom stereocenters. The number of nitrogens with zero attached hydrogens (tertiary/aromatic N) is 3. The Labute approximate surface area is 97.6 Å². The van der Waals surface area contributed by atoms with Crippen LogP contribution >= 0.6 is 11.3 Å². The van der Waals surface area contributed by atoms with E-state index in [9.17, 15) is 0 Å². The van der Waals surface area contributed by atoms with Gasteiger partial charge < -0.3 is 5.73 Å². The van der Waals surface area contributed by atoms with E-state index in [1.54, 1.807) is 11.3 Å². The third kappa shape index (κ3) is 1.78. The minimum atomic E-state index is 0.524. The van der Waals surface area contributed by atoms with Crippen LogP contribution in [0.3, 0.4) is 0 Å². The second-order valence-electron chi connectivity index (χ2n) is 4.05. The number of rotatable bonds is 2. The molecule has 0 saturated heterocycles. The predicted molar refractivity (Wildman–Crippen MR) is 64.3 cm³/mol. The zero-order valence-electron chi connectivity index (χ0n) is 8.97. The van der Waals surface area contributed by atoms with E-state index in [1.165, 1.54) is 12.8 Å². The van der Waals surface area contributed by atoms with Crippen molar-refractivity contribution in [3.63, 3.8) is 0 Å². The van der Waals surface area contributed by atoms with Gasteiger partial charge in [0.2, 0.25) is 0 Å². The molecule has 2 aromatic heterocycles. The van der Waals surface area contributed by atoms with E-state index in [4.69, 9.17) is 5.73 Å². The molecule has 1 aliphatic carbocycles. The van der Waals surface area contributed by atoms with Crippen molar-refractivity contribution in [2.75, 3.05) is 5.73 Å². The molecule has 2 heterocycles. The van der Waals surface area contributed by atoms with E-state index in [2.05, 4.69) is 15.0 Å². The van der Waals surface area contributed by atoms with Gasteiger partial charge in [-0.2, -0.15) is 0 Å². The van der Waals surface area contributed by atoms with Crippen LogP contribution in [0.5, 0.6) is 0 Å². The molecule has 0 spiro atoms. The minimum absolute atomic E-state index is 0.524. The Hall–Kier alpha value is -1.49. The Morgan fingerprint density at radius 1 is 1.38 bits per heavy atom. The van der Waals surface area contributed by atoms with Crippen LogP contribution in [-0.2, 0) is 0 Å². The van der Waals surface area contributed by atoms with Gasteiger partial charge in [-0.1, -0.05) is 0 Å². The van der Waals surface area contributed by atoms with Crippen LogP contribution in [0.1, 0.15) is 29.6 Å². The monoisotopic (exact) mass is 232 g/mol. The summed E-state index contributed by atoms with van der Waals surface area (Å²) in [6.07, 6.45) is 4.22. The van der Waals surface area contributed by atoms with E-state index in [0.717, 1.165) is 21.4 Å². The molecule has 0 amide bonds. The molecule has 4 nitrogen and oxygen atoms in total. The summed E-state index contributed by atoms with van der Waals surface area (Å²) in [5.41, 5.74) is 6.71. The van der Waals surface area contributed by atoms with Crippen LogP contribution in [0.15, 0.2) is 12.3 Å². The summed E-state index contributed by atoms with van der Waals surface area (Å²) in [7, 11) is 0. The minimum Gasteiger partial charge on any atom is -0.384 e. The van der Waals surface area contributed by atoms with Gasteiger partial charge in [-0.25, -0.2) is 15.0 Å². The molecule has 0 atom stereocenters. The molecule has 16 heavy (non-hydrogen) atoms. The van der Waals surface area contributed by atoms with E-state index in [0.29, 0.717) is 11.7 Å². The van der Waals surface area contributed by atoms with Crippen molar-refractivity contribution in [2.24, 2.45) is 0 Å². The third-order valence-corrected chi connectivity index (χ3v) is 3.51. The topological polar surface area (TPSA) is 64.7 Å². The summed E-state index contributed by atoms with van der Waals surface area (Å²) < 4.78 is 0. The number of thiazole rings is 1. The van der Waals surface area contributed by atoms with E-state index in [-0.39, 0.29) is 0 Å². The number of nitrogens with two attached hydrogens (primary N) is 1. The second kappa shape index (κ2) is 3.52. The fraction of sp³-hybridized carbons (Fsp3) is 0.364. The molecular weight excluding hydrogens is 220 g/mol. The lowest BCUT2D eigenvalue weighted by molar-refractivity contribution is 0.937. The lowest BCUT2D eigenvalue weighted by Gasteiger charge is -2.02. The molecule has 0 radical (unpaired) electrons. The smallest absolute Gasteiger partial charge is 0.134 e. The molecule has 2 aromatic rings. The van der Waals surface area contributed by atoms with Crippen molar-refractivity contribution in [3.05, 3.63) is 23.1 Å². The molecule has 1 fully saturated rings. The summed E-state index contributed by atoms with van der Waals surface area (Å²) in [5, 5.41) is 1.04. The molecule has 1 aliphatic rings. The van der Waals surface area contributed by atoms with Crippen molar-refractivity contribution in [1.29, 1.82) is 0 Å². The summed E-state index contributed by atoms with van der Waals surface area (Å²) in [6.45, 7) is 1.99. The van der Waals surface area contributed by atoms with Gasteiger partial charge >= 0.3 is 0 Å². The highest BCUT2D eigenvalue weighted by molar-refractivity contribution is 7.15. The van der Waals surface area contributed by atoms with E-state index < -0.39 is 0 Å². The molecule has 3 rings (SSSR count). The Balaban J connectivity index is 2.06. The lowest BCUT2D eigenvalue weighted by Crippen LogP contribution is -1.99. The Bertz CT molecular complexity index is 531. The maximum absolute atomic E-state index is 5.80. The second-order valence-corrected chi connectivity index (χ2v) is 5.29. The van der Waals surface area contributed by atoms with Gasteiger partial charge in [-0.15, -0.1) is 11.3 Å². The maximum Gasteiger partial charge on any atom is 0.134 e. The van der Waals surface area contributed by atoms with E-state index in [1.807, 2.05) is 19.2 Å². The van der Waals surface area contributed by atoms with Crippen LogP contribution in [0.25, 0.3) is 10.6 Å². The first-order valence-electron chi connectivity index (χ1n) is 5.29. The number of aryl methyl sites for hydroxylation is 1. The third-order valence-electron chi connectivity index (χ3n) is 2.58. The molecule has 82 valence electrons. The zero-order valence-corrected chi connectivity index (χ0v) is 9.79. The Kier molecular flexibility index (Phi) is 2.14. The number of nitrogen functional groups attached to an aromatic ring is 1. The summed E-state index contributed by atoms with van der Waals surface area (Å²) in [5.74, 6) is 1.97. The fourth-order valence-electron chi connectivity index (χ4n) is 1.62. The maximum atomic E-state index is 5.80. The molecule has 5 heteroatoms. The first kappa shape index (κ1) is 9.72. The number of anilines is 1. The summed E-state index contributed by atoms with van der Waals surface area (Å²) in [6, 6.07) is 1.82. The Morgan fingerprint density at radius 2 is 2.19 bits per heavy atom. The van der Waals surface area contributed by atoms with Gasteiger partial charge in [0.1, 0.15) is 11.6 Å². The highest BCUT2D eigenvalue weighted by Gasteiger charge is 2.27. The standard InChI is InChI=1S/C11H12N4S/c1-6-13-5-9(16-6)8-4-10(12)15-11(14-8)7-2-3-7/h4-5,7H,2-3H2,1H3,(H2,12,14,15). The van der Waals surface area contributed by atoms with E-state index >= 15 is 0 Å². The first-order valence-corrected chi connectivity index (χ1v) is 6.11. The zero-order chi connectivity index (χ0) is 11.1. The molecule has 0 aromatic carbocycles. The van der Waals surface area contributed by atoms with Gasteiger partial charge in [0, 0.05) is 18.2 Å². The molecule has 0 aliphatic heterocycles. The fourth-order valence-corrected chi connectivity index (χ4v) is 2.35. The van der Waals surface area contributed by atoms with Crippen LogP contribution < -0.4 is 5.73 Å². The summed E-state index contributed by atoms with van der Waals surface area (Å²) >= 11 is 1.63. The Morgan fingerprint density at radius 3 is 2.81 bits per heavy atom. The average molecular weight is 232 g/mol. The van der Waals surface area contributed by atoms with Crippen molar-refractivity contribution < 1.29 is 0 Å². The first-order chi connectivity index (χ1) is 7.72. The molecule has 1 saturated carbocycles. The van der Waals surface area contributed by atoms with Gasteiger partial charge in [0.25, 0.3) is 0 Å². The van der Waals surface area contributed by atoms with Gasteiger partial charge in [-0.05, 0) is 19.8 Å². The SMILES string of the molecule is Cc1ncc(-c2cc(N)nc(C3CC3)n2)s1. The molecule has 0 bridgehead atoms. The highest BCUT2D eigenvalue weighted by Crippen LogP contribution is 2.39. The summed E-state index contributed by atoms with van der Waals surface area (Å²) in [4.78, 5) is 14.1. The normalized spacial score (nSPS) is 15.3. The van der Waals surface area contributed by atoms with Gasteiger partial charge in [-0.3, -0.25) is 0 Å². The van der Waals surface area contributed by atoms with Crippen molar-refractivity contribution in [2.45, 2.75) is 25.7 Å². The quantitative estimate of drug-likeness (QED) is 0.863. The number of hydrogen-bond acceptors (Lipinski definition) is 5. The van der Waals surface area contributed by atoms with Crippen LogP contribution in [0.2, 0.25) is 0 Å². The van der Waals surface area contributed by atoms with Crippen molar-refractivity contribution >= 4 is 17.2 Å². The van der Waals surface area contributed by atoms with Crippen LogP contribution in [-0.4, -0.2) is 15.0 Å². The van der Waals surface area contributed by atoms with Gasteiger partial charge in [0.05, 0.1) is 15.6 Å². The molecule has 2 N–H and O–H groups in total. The van der Waals surface area contributed by atoms with Crippen LogP contribution in [0, 0.1) is 6.92 Å². The van der Waals surface area contributed by atoms with Crippen molar-refractivity contribution in [3.8, 4) is 10.6 Å². The molecular formula is C11H12N4S. The lowest BCUT2D eigenvalue weighted by atomic mass is 10.3. The van der Waals surface area contributed by atoms with Crippen LogP contribution in [0.4, 0.5) is 5.82 Å². The predicted octanol–water partition coefficient (Wildman–Crippen LogP) is 2.37. The van der Waals surface area contributed by atoms with Gasteiger partial charge in [0.15, 0.2) is 0 Å². The number of aromatic nitrogens is 3.